The molecule has 0 aromatic heterocycles. The highest BCUT2D eigenvalue weighted by atomic mass is 127. The predicted octanol–water partition coefficient (Wildman–Crippen LogP) is 4.98. The largest absolute Gasteiger partial charge is 0.494 e. The van der Waals surface area contributed by atoms with Crippen LogP contribution in [0, 0.1) is 3.57 Å². The number of rotatable bonds is 6. The average molecular weight is 494 g/mol. The fourth-order valence-corrected chi connectivity index (χ4v) is 3.95. The minimum atomic E-state index is -0.145. The van der Waals surface area contributed by atoms with Crippen LogP contribution in [-0.2, 0) is 4.79 Å². The Balaban J connectivity index is 1.74. The van der Waals surface area contributed by atoms with Crippen LogP contribution in [0.2, 0.25) is 0 Å². The van der Waals surface area contributed by atoms with Crippen LogP contribution in [0.5, 0.6) is 11.5 Å². The van der Waals surface area contributed by atoms with Gasteiger partial charge in [0.05, 0.1) is 27.4 Å². The van der Waals surface area contributed by atoms with Crippen molar-refractivity contribution in [3.8, 4) is 11.5 Å². The van der Waals surface area contributed by atoms with Crippen LogP contribution in [0.1, 0.15) is 19.4 Å². The molecule has 27 heavy (non-hydrogen) atoms. The van der Waals surface area contributed by atoms with E-state index in [0.29, 0.717) is 23.3 Å². The molecule has 0 radical (unpaired) electrons. The van der Waals surface area contributed by atoms with E-state index in [9.17, 15) is 4.79 Å². The van der Waals surface area contributed by atoms with Crippen LogP contribution >= 0.6 is 34.4 Å². The van der Waals surface area contributed by atoms with E-state index in [-0.39, 0.29) is 5.91 Å². The Labute approximate surface area is 176 Å². The lowest BCUT2D eigenvalue weighted by molar-refractivity contribution is -0.115. The van der Waals surface area contributed by atoms with Crippen LogP contribution in [0.15, 0.2) is 52.4 Å². The summed E-state index contributed by atoms with van der Waals surface area (Å²) in [5.74, 6) is 1.50. The van der Waals surface area contributed by atoms with E-state index in [2.05, 4.69) is 32.9 Å². The number of halogens is 1. The van der Waals surface area contributed by atoms with Gasteiger partial charge in [-0.3, -0.25) is 4.79 Å². The van der Waals surface area contributed by atoms with Crippen molar-refractivity contribution in [1.29, 1.82) is 0 Å². The molecule has 1 aliphatic heterocycles. The van der Waals surface area contributed by atoms with E-state index in [1.54, 1.807) is 0 Å². The molecular formula is C20H19IN2O3S. The zero-order valence-corrected chi connectivity index (χ0v) is 18.0. The molecule has 1 saturated heterocycles. The zero-order chi connectivity index (χ0) is 19.2. The number of amides is 1. The monoisotopic (exact) mass is 494 g/mol. The first-order valence-corrected chi connectivity index (χ1v) is 10.4. The molecule has 1 amide bonds. The van der Waals surface area contributed by atoms with Gasteiger partial charge in [0, 0.05) is 0 Å². The third-order valence-corrected chi connectivity index (χ3v) is 5.34. The lowest BCUT2D eigenvalue weighted by Crippen LogP contribution is -2.19. The van der Waals surface area contributed by atoms with E-state index in [1.807, 2.05) is 62.4 Å². The molecule has 7 heteroatoms. The molecule has 1 aliphatic rings. The molecule has 0 bridgehead atoms. The number of benzene rings is 2. The van der Waals surface area contributed by atoms with Gasteiger partial charge in [0.25, 0.3) is 5.91 Å². The van der Waals surface area contributed by atoms with Crippen molar-refractivity contribution in [2.75, 3.05) is 13.2 Å². The average Bonchev–Trinajstić information content (AvgIpc) is 2.98. The number of thioether (sulfide) groups is 1. The van der Waals surface area contributed by atoms with Crippen molar-refractivity contribution in [1.82, 2.24) is 5.32 Å². The standard InChI is InChI=1S/C20H19IN2O3S/c1-3-25-15-8-6-14(7-9-15)22-20-23-19(24)18(27-20)12-13-5-10-17(26-4-2)16(21)11-13/h5-12H,3-4H2,1-2H3,(H,22,23,24)/b18-12+. The molecule has 1 fully saturated rings. The van der Waals surface area contributed by atoms with Gasteiger partial charge in [0.2, 0.25) is 0 Å². The molecule has 0 atom stereocenters. The molecule has 3 rings (SSSR count). The second-order valence-electron chi connectivity index (χ2n) is 5.53. The maximum absolute atomic E-state index is 12.2. The van der Waals surface area contributed by atoms with Crippen LogP contribution in [0.4, 0.5) is 5.69 Å². The summed E-state index contributed by atoms with van der Waals surface area (Å²) in [5.41, 5.74) is 1.71. The highest BCUT2D eigenvalue weighted by Gasteiger charge is 2.23. The van der Waals surface area contributed by atoms with Gasteiger partial charge in [-0.25, -0.2) is 4.99 Å². The van der Waals surface area contributed by atoms with Crippen LogP contribution < -0.4 is 14.8 Å². The van der Waals surface area contributed by atoms with Crippen LogP contribution in [0.3, 0.4) is 0 Å². The van der Waals surface area contributed by atoms with Gasteiger partial charge in [-0.1, -0.05) is 6.07 Å². The molecular weight excluding hydrogens is 475 g/mol. The highest BCUT2D eigenvalue weighted by molar-refractivity contribution is 14.1. The van der Waals surface area contributed by atoms with Gasteiger partial charge in [-0.05, 0) is 96.2 Å². The second kappa shape index (κ2) is 9.27. The summed E-state index contributed by atoms with van der Waals surface area (Å²) < 4.78 is 12.0. The van der Waals surface area contributed by atoms with Gasteiger partial charge < -0.3 is 14.8 Å². The Bertz CT molecular complexity index is 895. The summed E-state index contributed by atoms with van der Waals surface area (Å²) in [6.07, 6.45) is 1.86. The summed E-state index contributed by atoms with van der Waals surface area (Å²) in [5, 5.41) is 3.37. The van der Waals surface area contributed by atoms with Crippen molar-refractivity contribution >= 4 is 57.2 Å². The van der Waals surface area contributed by atoms with E-state index in [4.69, 9.17) is 9.47 Å². The summed E-state index contributed by atoms with van der Waals surface area (Å²) in [4.78, 5) is 17.3. The van der Waals surface area contributed by atoms with Gasteiger partial charge in [-0.2, -0.15) is 0 Å². The first kappa shape index (κ1) is 19.8. The minimum Gasteiger partial charge on any atom is -0.494 e. The van der Waals surface area contributed by atoms with Gasteiger partial charge >= 0.3 is 0 Å². The number of hydrogen-bond donors (Lipinski definition) is 1. The molecule has 0 aliphatic carbocycles. The number of hydrogen-bond acceptors (Lipinski definition) is 5. The number of amidine groups is 1. The maximum atomic E-state index is 12.2. The second-order valence-corrected chi connectivity index (χ2v) is 7.72. The summed E-state index contributed by atoms with van der Waals surface area (Å²) >= 11 is 3.56. The van der Waals surface area contributed by atoms with E-state index in [1.165, 1.54) is 11.8 Å². The van der Waals surface area contributed by atoms with E-state index in [0.717, 1.165) is 26.3 Å². The Morgan fingerprint density at radius 2 is 1.85 bits per heavy atom. The molecule has 2 aromatic rings. The van der Waals surface area contributed by atoms with Gasteiger partial charge in [-0.15, -0.1) is 0 Å². The van der Waals surface area contributed by atoms with Crippen molar-refractivity contribution in [3.63, 3.8) is 0 Å². The Morgan fingerprint density at radius 1 is 1.11 bits per heavy atom. The summed E-state index contributed by atoms with van der Waals surface area (Å²) in [6.45, 7) is 5.15. The summed E-state index contributed by atoms with van der Waals surface area (Å²) in [6, 6.07) is 13.3. The number of aliphatic imine (C=N–C) groups is 1. The van der Waals surface area contributed by atoms with Gasteiger partial charge in [0.15, 0.2) is 5.17 Å². The molecule has 0 unspecified atom stereocenters. The van der Waals surface area contributed by atoms with Crippen molar-refractivity contribution in [2.45, 2.75) is 13.8 Å². The predicted molar refractivity (Wildman–Crippen MR) is 119 cm³/mol. The van der Waals surface area contributed by atoms with Crippen LogP contribution in [-0.4, -0.2) is 24.3 Å². The number of carbonyl (C=O) groups is 1. The number of ether oxygens (including phenoxy) is 2. The fourth-order valence-electron chi connectivity index (χ4n) is 2.41. The molecule has 1 N–H and O–H groups in total. The highest BCUT2D eigenvalue weighted by Crippen LogP contribution is 2.30. The third-order valence-electron chi connectivity index (χ3n) is 3.58. The summed E-state index contributed by atoms with van der Waals surface area (Å²) in [7, 11) is 0. The zero-order valence-electron chi connectivity index (χ0n) is 15.0. The maximum Gasteiger partial charge on any atom is 0.264 e. The van der Waals surface area contributed by atoms with Crippen molar-refractivity contribution < 1.29 is 14.3 Å². The topological polar surface area (TPSA) is 59.9 Å². The van der Waals surface area contributed by atoms with Crippen LogP contribution in [0.25, 0.3) is 6.08 Å². The molecule has 0 spiro atoms. The number of carbonyl (C=O) groups excluding carboxylic acids is 1. The molecule has 0 saturated carbocycles. The first-order valence-electron chi connectivity index (χ1n) is 8.54. The molecule has 5 nitrogen and oxygen atoms in total. The lowest BCUT2D eigenvalue weighted by Gasteiger charge is -2.06. The lowest BCUT2D eigenvalue weighted by atomic mass is 10.2. The number of nitrogens with zero attached hydrogens (tertiary/aromatic N) is 1. The Morgan fingerprint density at radius 3 is 2.52 bits per heavy atom. The van der Waals surface area contributed by atoms with Crippen molar-refractivity contribution in [3.05, 3.63) is 56.5 Å². The van der Waals surface area contributed by atoms with E-state index < -0.39 is 0 Å². The van der Waals surface area contributed by atoms with E-state index >= 15 is 0 Å². The molecule has 1 heterocycles. The Kier molecular flexibility index (Phi) is 6.78. The molecule has 140 valence electrons. The van der Waals surface area contributed by atoms with Gasteiger partial charge in [0.1, 0.15) is 11.5 Å². The molecule has 2 aromatic carbocycles. The first-order chi connectivity index (χ1) is 13.1. The minimum absolute atomic E-state index is 0.145. The fraction of sp³-hybridized carbons (Fsp3) is 0.200. The SMILES string of the molecule is CCOc1ccc(N=C2NC(=O)/C(=C\c3ccc(OCC)c(I)c3)S2)cc1. The number of nitrogens with one attached hydrogen (secondary N) is 1. The third kappa shape index (κ3) is 5.26. The quantitative estimate of drug-likeness (QED) is 0.455. The normalized spacial score (nSPS) is 16.6. The van der Waals surface area contributed by atoms with Crippen molar-refractivity contribution in [2.24, 2.45) is 4.99 Å². The smallest absolute Gasteiger partial charge is 0.264 e. The Hall–Kier alpha value is -2.00.